The Balaban J connectivity index is 1.91. The third-order valence-electron chi connectivity index (χ3n) is 3.60. The maximum atomic E-state index is 12.3. The fourth-order valence-electron chi connectivity index (χ4n) is 2.46. The van der Waals surface area contributed by atoms with Crippen LogP contribution in [0.3, 0.4) is 0 Å². The standard InChI is InChI=1S/C16H22N2O5/c1-11-5-4-6-13(7-11)23-9-12(19)8-18-14(20)16(2,10-22-3)17-15(18)21/h4-7,12,19H,8-10H2,1-3H3,(H,17,21)/t12-,16+/m1/s1. The van der Waals surface area contributed by atoms with Gasteiger partial charge in [0.2, 0.25) is 0 Å². The van der Waals surface area contributed by atoms with Crippen molar-refractivity contribution in [3.05, 3.63) is 29.8 Å². The van der Waals surface area contributed by atoms with E-state index in [9.17, 15) is 14.7 Å². The molecule has 1 aromatic carbocycles. The van der Waals surface area contributed by atoms with Crippen molar-refractivity contribution in [1.82, 2.24) is 10.2 Å². The average molecular weight is 322 g/mol. The zero-order chi connectivity index (χ0) is 17.0. The number of hydrogen-bond acceptors (Lipinski definition) is 5. The van der Waals surface area contributed by atoms with Crippen molar-refractivity contribution in [3.63, 3.8) is 0 Å². The van der Waals surface area contributed by atoms with E-state index in [-0.39, 0.29) is 19.8 Å². The zero-order valence-corrected chi connectivity index (χ0v) is 13.5. The van der Waals surface area contributed by atoms with Crippen molar-refractivity contribution in [1.29, 1.82) is 0 Å². The highest BCUT2D eigenvalue weighted by atomic mass is 16.5. The number of nitrogens with one attached hydrogen (secondary N) is 1. The molecule has 0 aromatic heterocycles. The van der Waals surface area contributed by atoms with Gasteiger partial charge >= 0.3 is 6.03 Å². The van der Waals surface area contributed by atoms with Crippen molar-refractivity contribution < 1.29 is 24.2 Å². The molecule has 0 spiro atoms. The van der Waals surface area contributed by atoms with Crippen LogP contribution in [0, 0.1) is 6.92 Å². The van der Waals surface area contributed by atoms with Gasteiger partial charge in [-0.1, -0.05) is 12.1 Å². The summed E-state index contributed by atoms with van der Waals surface area (Å²) in [7, 11) is 1.46. The molecule has 2 N–H and O–H groups in total. The molecule has 7 heteroatoms. The molecule has 1 fully saturated rings. The van der Waals surface area contributed by atoms with Gasteiger partial charge in [0.05, 0.1) is 13.2 Å². The lowest BCUT2D eigenvalue weighted by Gasteiger charge is -2.21. The molecule has 1 saturated heterocycles. The van der Waals surface area contributed by atoms with Crippen molar-refractivity contribution in [2.24, 2.45) is 0 Å². The lowest BCUT2D eigenvalue weighted by Crippen LogP contribution is -2.48. The Bertz CT molecular complexity index is 592. The Kier molecular flexibility index (Phi) is 5.23. The van der Waals surface area contributed by atoms with Crippen LogP contribution in [0.2, 0.25) is 0 Å². The number of aliphatic hydroxyl groups is 1. The number of carbonyl (C=O) groups is 2. The van der Waals surface area contributed by atoms with Gasteiger partial charge in [-0.2, -0.15) is 0 Å². The van der Waals surface area contributed by atoms with E-state index in [0.29, 0.717) is 5.75 Å². The lowest BCUT2D eigenvalue weighted by atomic mass is 10.0. The van der Waals surface area contributed by atoms with Crippen LogP contribution in [0.25, 0.3) is 0 Å². The highest BCUT2D eigenvalue weighted by molar-refractivity contribution is 6.06. The second-order valence-electron chi connectivity index (χ2n) is 5.89. The summed E-state index contributed by atoms with van der Waals surface area (Å²) >= 11 is 0. The number of hydrogen-bond donors (Lipinski definition) is 2. The predicted octanol–water partition coefficient (Wildman–Crippen LogP) is 0.692. The molecule has 7 nitrogen and oxygen atoms in total. The molecule has 0 aliphatic carbocycles. The Morgan fingerprint density at radius 2 is 2.13 bits per heavy atom. The quantitative estimate of drug-likeness (QED) is 0.721. The van der Waals surface area contributed by atoms with E-state index in [1.54, 1.807) is 13.0 Å². The molecule has 1 aliphatic heterocycles. The number of benzene rings is 1. The van der Waals surface area contributed by atoms with E-state index in [0.717, 1.165) is 10.5 Å². The molecule has 23 heavy (non-hydrogen) atoms. The minimum Gasteiger partial charge on any atom is -0.491 e. The Morgan fingerprint density at radius 1 is 1.39 bits per heavy atom. The van der Waals surface area contributed by atoms with Crippen LogP contribution in [0.1, 0.15) is 12.5 Å². The smallest absolute Gasteiger partial charge is 0.325 e. The Hall–Kier alpha value is -2.12. The van der Waals surface area contributed by atoms with Gasteiger partial charge in [-0.25, -0.2) is 4.79 Å². The number of imide groups is 1. The lowest BCUT2D eigenvalue weighted by molar-refractivity contribution is -0.133. The van der Waals surface area contributed by atoms with Gasteiger partial charge in [0, 0.05) is 7.11 Å². The molecule has 0 unspecified atom stereocenters. The minimum atomic E-state index is -1.09. The summed E-state index contributed by atoms with van der Waals surface area (Å²) in [5.41, 5.74) is -0.0513. The third kappa shape index (κ3) is 4.00. The number of methoxy groups -OCH3 is 1. The topological polar surface area (TPSA) is 88.1 Å². The fraction of sp³-hybridized carbons (Fsp3) is 0.500. The summed E-state index contributed by atoms with van der Waals surface area (Å²) in [6.07, 6.45) is -0.977. The molecule has 1 heterocycles. The number of rotatable bonds is 7. The summed E-state index contributed by atoms with van der Waals surface area (Å²) in [5.74, 6) is 0.212. The molecule has 0 bridgehead atoms. The molecule has 1 aromatic rings. The number of β-amino-alcohol motifs (C(OH)–C–C–N with tert-alkyl or cyclic N) is 1. The largest absolute Gasteiger partial charge is 0.491 e. The highest BCUT2D eigenvalue weighted by Crippen LogP contribution is 2.18. The van der Waals surface area contributed by atoms with Gasteiger partial charge in [0.25, 0.3) is 5.91 Å². The Morgan fingerprint density at radius 3 is 2.78 bits per heavy atom. The maximum absolute atomic E-state index is 12.3. The van der Waals surface area contributed by atoms with Gasteiger partial charge in [-0.3, -0.25) is 9.69 Å². The van der Waals surface area contributed by atoms with Crippen LogP contribution < -0.4 is 10.1 Å². The van der Waals surface area contributed by atoms with Crippen LogP contribution in [0.5, 0.6) is 5.75 Å². The first kappa shape index (κ1) is 17.2. The van der Waals surface area contributed by atoms with Crippen LogP contribution in [0.4, 0.5) is 4.79 Å². The van der Waals surface area contributed by atoms with E-state index < -0.39 is 23.6 Å². The zero-order valence-electron chi connectivity index (χ0n) is 13.5. The first-order chi connectivity index (χ1) is 10.9. The summed E-state index contributed by atoms with van der Waals surface area (Å²) < 4.78 is 10.5. The van der Waals surface area contributed by atoms with Gasteiger partial charge in [-0.15, -0.1) is 0 Å². The van der Waals surface area contributed by atoms with Crippen LogP contribution in [-0.4, -0.2) is 60.5 Å². The second kappa shape index (κ2) is 6.97. The molecular weight excluding hydrogens is 300 g/mol. The number of urea groups is 1. The van der Waals surface area contributed by atoms with E-state index in [1.165, 1.54) is 7.11 Å². The van der Waals surface area contributed by atoms with Gasteiger partial charge in [0.1, 0.15) is 24.0 Å². The summed E-state index contributed by atoms with van der Waals surface area (Å²) in [6.45, 7) is 3.46. The number of ether oxygens (including phenoxy) is 2. The molecule has 2 rings (SSSR count). The molecule has 126 valence electrons. The van der Waals surface area contributed by atoms with Crippen LogP contribution in [-0.2, 0) is 9.53 Å². The van der Waals surface area contributed by atoms with Crippen LogP contribution in [0.15, 0.2) is 24.3 Å². The fourth-order valence-corrected chi connectivity index (χ4v) is 2.46. The summed E-state index contributed by atoms with van der Waals surface area (Å²) in [4.78, 5) is 25.2. The molecule has 0 saturated carbocycles. The number of nitrogens with zero attached hydrogens (tertiary/aromatic N) is 1. The predicted molar refractivity (Wildman–Crippen MR) is 83.2 cm³/mol. The maximum Gasteiger partial charge on any atom is 0.325 e. The van der Waals surface area contributed by atoms with Crippen molar-refractivity contribution in [3.8, 4) is 5.75 Å². The number of amides is 3. The molecular formula is C16H22N2O5. The summed E-state index contributed by atoms with van der Waals surface area (Å²) in [6, 6.07) is 6.88. The molecule has 0 radical (unpaired) electrons. The SMILES string of the molecule is COC[C@]1(C)NC(=O)N(C[C@@H](O)COc2cccc(C)c2)C1=O. The number of carbonyl (C=O) groups excluding carboxylic acids is 2. The molecule has 2 atom stereocenters. The van der Waals surface area contributed by atoms with Crippen molar-refractivity contribution in [2.75, 3.05) is 26.9 Å². The van der Waals surface area contributed by atoms with Crippen LogP contribution >= 0.6 is 0 Å². The highest BCUT2D eigenvalue weighted by Gasteiger charge is 2.48. The minimum absolute atomic E-state index is 0.0124. The van der Waals surface area contributed by atoms with E-state index in [2.05, 4.69) is 5.32 Å². The van der Waals surface area contributed by atoms with Gasteiger partial charge in [-0.05, 0) is 31.5 Å². The summed E-state index contributed by atoms with van der Waals surface area (Å²) in [5, 5.41) is 12.6. The van der Waals surface area contributed by atoms with E-state index >= 15 is 0 Å². The number of aliphatic hydroxyl groups excluding tert-OH is 1. The molecule has 3 amide bonds. The first-order valence-electron chi connectivity index (χ1n) is 7.36. The van der Waals surface area contributed by atoms with Crippen molar-refractivity contribution >= 4 is 11.9 Å². The average Bonchev–Trinajstić information content (AvgIpc) is 2.69. The number of aryl methyl sites for hydroxylation is 1. The second-order valence-corrected chi connectivity index (χ2v) is 5.89. The Labute approximate surface area is 135 Å². The first-order valence-corrected chi connectivity index (χ1v) is 7.36. The third-order valence-corrected chi connectivity index (χ3v) is 3.60. The van der Waals surface area contributed by atoms with Gasteiger partial charge < -0.3 is 19.9 Å². The molecule has 1 aliphatic rings. The normalized spacial score (nSPS) is 22.2. The van der Waals surface area contributed by atoms with Crippen molar-refractivity contribution in [2.45, 2.75) is 25.5 Å². The van der Waals surface area contributed by atoms with Gasteiger partial charge in [0.15, 0.2) is 0 Å². The van der Waals surface area contributed by atoms with E-state index in [1.807, 2.05) is 25.1 Å². The monoisotopic (exact) mass is 322 g/mol. The van der Waals surface area contributed by atoms with E-state index in [4.69, 9.17) is 9.47 Å².